The van der Waals surface area contributed by atoms with Gasteiger partial charge >= 0.3 is 0 Å². The fourth-order valence-electron chi connectivity index (χ4n) is 1.78. The van der Waals surface area contributed by atoms with Crippen molar-refractivity contribution in [1.29, 1.82) is 0 Å². The number of rotatable bonds is 5. The van der Waals surface area contributed by atoms with Gasteiger partial charge in [0.1, 0.15) is 5.75 Å². The summed E-state index contributed by atoms with van der Waals surface area (Å²) in [6, 6.07) is 8.13. The molecule has 16 heavy (non-hydrogen) atoms. The molecule has 0 saturated heterocycles. The summed E-state index contributed by atoms with van der Waals surface area (Å²) in [5.41, 5.74) is 7.31. The molecule has 0 amide bonds. The SMILES string of the molecule is CC(C)CC(N)c1ccccc1OC(C)C. The zero-order chi connectivity index (χ0) is 12.1. The molecule has 0 aliphatic rings. The number of nitrogens with two attached hydrogens (primary N) is 1. The van der Waals surface area contributed by atoms with Crippen molar-refractivity contribution < 1.29 is 4.74 Å². The molecule has 0 fully saturated rings. The molecule has 2 nitrogen and oxygen atoms in total. The molecule has 0 aliphatic heterocycles. The van der Waals surface area contributed by atoms with Crippen LogP contribution in [0.3, 0.4) is 0 Å². The summed E-state index contributed by atoms with van der Waals surface area (Å²) in [6.45, 7) is 8.44. The van der Waals surface area contributed by atoms with E-state index in [9.17, 15) is 0 Å². The molecular weight excluding hydrogens is 198 g/mol. The molecule has 1 atom stereocenters. The summed E-state index contributed by atoms with van der Waals surface area (Å²) in [5, 5.41) is 0. The summed E-state index contributed by atoms with van der Waals surface area (Å²) < 4.78 is 5.77. The van der Waals surface area contributed by atoms with Crippen LogP contribution in [0.2, 0.25) is 0 Å². The maximum Gasteiger partial charge on any atom is 0.124 e. The van der Waals surface area contributed by atoms with E-state index in [4.69, 9.17) is 10.5 Å². The van der Waals surface area contributed by atoms with Crippen LogP contribution in [-0.2, 0) is 0 Å². The summed E-state index contributed by atoms with van der Waals surface area (Å²) >= 11 is 0. The van der Waals surface area contributed by atoms with E-state index in [1.165, 1.54) is 0 Å². The largest absolute Gasteiger partial charge is 0.491 e. The van der Waals surface area contributed by atoms with Crippen molar-refractivity contribution in [3.05, 3.63) is 29.8 Å². The molecule has 0 heterocycles. The Kier molecular flexibility index (Phi) is 4.81. The van der Waals surface area contributed by atoms with Gasteiger partial charge in [-0.25, -0.2) is 0 Å². The van der Waals surface area contributed by atoms with Gasteiger partial charge < -0.3 is 10.5 Å². The number of para-hydroxylation sites is 1. The number of hydrogen-bond acceptors (Lipinski definition) is 2. The van der Waals surface area contributed by atoms with E-state index in [1.807, 2.05) is 32.0 Å². The van der Waals surface area contributed by atoms with E-state index < -0.39 is 0 Å². The lowest BCUT2D eigenvalue weighted by Crippen LogP contribution is -2.16. The van der Waals surface area contributed by atoms with Gasteiger partial charge in [0, 0.05) is 11.6 Å². The maximum absolute atomic E-state index is 6.19. The van der Waals surface area contributed by atoms with Gasteiger partial charge in [-0.05, 0) is 32.3 Å². The van der Waals surface area contributed by atoms with Crippen molar-refractivity contribution in [3.63, 3.8) is 0 Å². The number of benzene rings is 1. The monoisotopic (exact) mass is 221 g/mol. The first-order valence-electron chi connectivity index (χ1n) is 6.02. The molecule has 0 saturated carbocycles. The minimum absolute atomic E-state index is 0.0648. The van der Waals surface area contributed by atoms with Crippen molar-refractivity contribution in [3.8, 4) is 5.75 Å². The van der Waals surface area contributed by atoms with Crippen LogP contribution in [0.25, 0.3) is 0 Å². The van der Waals surface area contributed by atoms with Gasteiger partial charge in [0.15, 0.2) is 0 Å². The van der Waals surface area contributed by atoms with Crippen LogP contribution >= 0.6 is 0 Å². The average Bonchev–Trinajstić information content (AvgIpc) is 2.16. The molecule has 1 unspecified atom stereocenters. The van der Waals surface area contributed by atoms with E-state index in [0.29, 0.717) is 5.92 Å². The standard InChI is InChI=1S/C14H23NO/c1-10(2)9-13(15)12-7-5-6-8-14(12)16-11(3)4/h5-8,10-11,13H,9,15H2,1-4H3. The summed E-state index contributed by atoms with van der Waals surface area (Å²) in [4.78, 5) is 0. The predicted molar refractivity (Wildman–Crippen MR) is 68.6 cm³/mol. The van der Waals surface area contributed by atoms with Gasteiger partial charge in [-0.2, -0.15) is 0 Å². The number of hydrogen-bond donors (Lipinski definition) is 1. The second-order valence-corrected chi connectivity index (χ2v) is 4.94. The normalized spacial score (nSPS) is 13.2. The van der Waals surface area contributed by atoms with Gasteiger partial charge in [-0.15, -0.1) is 0 Å². The van der Waals surface area contributed by atoms with Crippen molar-refractivity contribution in [2.24, 2.45) is 11.7 Å². The lowest BCUT2D eigenvalue weighted by atomic mass is 9.97. The molecule has 2 N–H and O–H groups in total. The molecule has 2 heteroatoms. The van der Waals surface area contributed by atoms with Crippen molar-refractivity contribution >= 4 is 0 Å². The Balaban J connectivity index is 2.85. The van der Waals surface area contributed by atoms with E-state index in [2.05, 4.69) is 19.9 Å². The molecule has 1 aromatic carbocycles. The summed E-state index contributed by atoms with van der Waals surface area (Å²) in [7, 11) is 0. The third-order valence-corrected chi connectivity index (χ3v) is 2.41. The molecule has 1 rings (SSSR count). The van der Waals surface area contributed by atoms with Crippen LogP contribution in [0.1, 0.15) is 45.7 Å². The third-order valence-electron chi connectivity index (χ3n) is 2.41. The first-order chi connectivity index (χ1) is 7.50. The summed E-state index contributed by atoms with van der Waals surface area (Å²) in [5.74, 6) is 1.52. The quantitative estimate of drug-likeness (QED) is 0.825. The zero-order valence-corrected chi connectivity index (χ0v) is 10.7. The molecule has 1 aromatic rings. The minimum atomic E-state index is 0.0648. The predicted octanol–water partition coefficient (Wildman–Crippen LogP) is 3.52. The van der Waals surface area contributed by atoms with E-state index in [-0.39, 0.29) is 12.1 Å². The smallest absolute Gasteiger partial charge is 0.124 e. The van der Waals surface area contributed by atoms with E-state index >= 15 is 0 Å². The van der Waals surface area contributed by atoms with Crippen LogP contribution in [0.4, 0.5) is 0 Å². The Morgan fingerprint density at radius 2 is 1.75 bits per heavy atom. The van der Waals surface area contributed by atoms with Gasteiger partial charge in [-0.3, -0.25) is 0 Å². The fourth-order valence-corrected chi connectivity index (χ4v) is 1.78. The Morgan fingerprint density at radius 1 is 1.12 bits per heavy atom. The van der Waals surface area contributed by atoms with Crippen LogP contribution in [0.15, 0.2) is 24.3 Å². The zero-order valence-electron chi connectivity index (χ0n) is 10.7. The molecule has 0 spiro atoms. The van der Waals surface area contributed by atoms with Gasteiger partial charge in [0.05, 0.1) is 6.10 Å². The first kappa shape index (κ1) is 13.0. The molecule has 0 aliphatic carbocycles. The van der Waals surface area contributed by atoms with Gasteiger partial charge in [0.25, 0.3) is 0 Å². The van der Waals surface area contributed by atoms with Crippen molar-refractivity contribution in [2.75, 3.05) is 0 Å². The molecular formula is C14H23NO. The van der Waals surface area contributed by atoms with Crippen LogP contribution in [0, 0.1) is 5.92 Å². The van der Waals surface area contributed by atoms with Crippen LogP contribution < -0.4 is 10.5 Å². The second kappa shape index (κ2) is 5.90. The Hall–Kier alpha value is -1.02. The lowest BCUT2D eigenvalue weighted by Gasteiger charge is -2.19. The van der Waals surface area contributed by atoms with Crippen molar-refractivity contribution in [2.45, 2.75) is 46.3 Å². The van der Waals surface area contributed by atoms with E-state index in [1.54, 1.807) is 0 Å². The van der Waals surface area contributed by atoms with E-state index in [0.717, 1.165) is 17.7 Å². The van der Waals surface area contributed by atoms with Crippen LogP contribution in [0.5, 0.6) is 5.75 Å². The highest BCUT2D eigenvalue weighted by Crippen LogP contribution is 2.28. The van der Waals surface area contributed by atoms with Crippen LogP contribution in [-0.4, -0.2) is 6.10 Å². The molecule has 0 radical (unpaired) electrons. The number of ether oxygens (including phenoxy) is 1. The average molecular weight is 221 g/mol. The van der Waals surface area contributed by atoms with Crippen molar-refractivity contribution in [1.82, 2.24) is 0 Å². The van der Waals surface area contributed by atoms with Gasteiger partial charge in [0.2, 0.25) is 0 Å². The first-order valence-corrected chi connectivity index (χ1v) is 6.02. The molecule has 90 valence electrons. The second-order valence-electron chi connectivity index (χ2n) is 4.94. The lowest BCUT2D eigenvalue weighted by molar-refractivity contribution is 0.238. The highest BCUT2D eigenvalue weighted by molar-refractivity contribution is 5.35. The molecule has 0 aromatic heterocycles. The minimum Gasteiger partial charge on any atom is -0.491 e. The summed E-state index contributed by atoms with van der Waals surface area (Å²) in [6.07, 6.45) is 1.17. The molecule has 0 bridgehead atoms. The third kappa shape index (κ3) is 3.86. The Labute approximate surface area is 98.8 Å². The Morgan fingerprint density at radius 3 is 2.31 bits per heavy atom. The fraction of sp³-hybridized carbons (Fsp3) is 0.571. The van der Waals surface area contributed by atoms with Gasteiger partial charge in [-0.1, -0.05) is 32.0 Å². The highest BCUT2D eigenvalue weighted by Gasteiger charge is 2.13. The Bertz CT molecular complexity index is 320. The topological polar surface area (TPSA) is 35.2 Å². The maximum atomic E-state index is 6.19. The highest BCUT2D eigenvalue weighted by atomic mass is 16.5.